The van der Waals surface area contributed by atoms with Gasteiger partial charge < -0.3 is 5.32 Å². The predicted molar refractivity (Wildman–Crippen MR) is 72.6 cm³/mol. The molecule has 0 saturated heterocycles. The van der Waals surface area contributed by atoms with Crippen LogP contribution in [0.25, 0.3) is 0 Å². The molecule has 1 aromatic carbocycles. The molecule has 19 heavy (non-hydrogen) atoms. The molecule has 0 unspecified atom stereocenters. The van der Waals surface area contributed by atoms with Gasteiger partial charge in [-0.05, 0) is 60.8 Å². The third-order valence-corrected chi connectivity index (χ3v) is 4.40. The molecule has 0 heterocycles. The number of carbonyl (C=O) groups excluding carboxylic acids is 2. The number of urea groups is 1. The molecule has 1 aromatic rings. The van der Waals surface area contributed by atoms with Gasteiger partial charge in [0.25, 0.3) is 0 Å². The van der Waals surface area contributed by atoms with E-state index in [1.807, 2.05) is 0 Å². The molecule has 0 bridgehead atoms. The van der Waals surface area contributed by atoms with Crippen LogP contribution in [0.5, 0.6) is 0 Å². The summed E-state index contributed by atoms with van der Waals surface area (Å²) >= 11 is 6.47. The summed E-state index contributed by atoms with van der Waals surface area (Å²) in [7, 11) is 0. The highest BCUT2D eigenvalue weighted by molar-refractivity contribution is 6.32. The maximum atomic E-state index is 11.5. The Morgan fingerprint density at radius 2 is 1.58 bits per heavy atom. The second kappa shape index (κ2) is 4.80. The van der Waals surface area contributed by atoms with Gasteiger partial charge in [-0.15, -0.1) is 4.99 Å². The fourth-order valence-corrected chi connectivity index (χ4v) is 3.63. The van der Waals surface area contributed by atoms with Crippen molar-refractivity contribution in [3.8, 4) is 0 Å². The lowest BCUT2D eigenvalue weighted by Crippen LogP contribution is -2.11. The van der Waals surface area contributed by atoms with E-state index in [9.17, 15) is 9.59 Å². The third kappa shape index (κ3) is 1.97. The summed E-state index contributed by atoms with van der Waals surface area (Å²) in [4.78, 5) is 24.8. The Kier molecular flexibility index (Phi) is 3.13. The smallest absolute Gasteiger partial charge is 0.305 e. The Morgan fingerprint density at radius 3 is 2.11 bits per heavy atom. The van der Waals surface area contributed by atoms with Crippen LogP contribution in [0.3, 0.4) is 0 Å². The van der Waals surface area contributed by atoms with E-state index in [1.165, 1.54) is 6.08 Å². The molecule has 0 atom stereocenters. The third-order valence-electron chi connectivity index (χ3n) is 3.95. The van der Waals surface area contributed by atoms with E-state index in [-0.39, 0.29) is 0 Å². The topological polar surface area (TPSA) is 58.5 Å². The number of halogens is 1. The zero-order chi connectivity index (χ0) is 13.4. The number of benzene rings is 1. The number of isocyanates is 1. The summed E-state index contributed by atoms with van der Waals surface area (Å²) in [6.45, 7) is 0. The van der Waals surface area contributed by atoms with Gasteiger partial charge in [-0.1, -0.05) is 11.6 Å². The van der Waals surface area contributed by atoms with E-state index in [0.717, 1.165) is 71.5 Å². The van der Waals surface area contributed by atoms with Crippen molar-refractivity contribution >= 4 is 29.4 Å². The predicted octanol–water partition coefficient (Wildman–Crippen LogP) is 3.19. The van der Waals surface area contributed by atoms with Crippen LogP contribution in [0, 0.1) is 0 Å². The molecule has 0 fully saturated rings. The van der Waals surface area contributed by atoms with Crippen LogP contribution in [0.2, 0.25) is 5.02 Å². The largest absolute Gasteiger partial charge is 0.356 e. The van der Waals surface area contributed by atoms with Crippen molar-refractivity contribution in [3.05, 3.63) is 27.3 Å². The first-order valence-electron chi connectivity index (χ1n) is 6.46. The summed E-state index contributed by atoms with van der Waals surface area (Å²) in [5, 5.41) is 3.63. The van der Waals surface area contributed by atoms with Gasteiger partial charge in [0.2, 0.25) is 6.08 Å². The molecule has 4 nitrogen and oxygen atoms in total. The van der Waals surface area contributed by atoms with Crippen LogP contribution in [0.1, 0.15) is 35.1 Å². The van der Waals surface area contributed by atoms with Crippen LogP contribution in [0.4, 0.5) is 10.5 Å². The van der Waals surface area contributed by atoms with Crippen LogP contribution < -0.4 is 5.32 Å². The zero-order valence-electron chi connectivity index (χ0n) is 10.4. The quantitative estimate of drug-likeness (QED) is 0.632. The Labute approximate surface area is 115 Å². The normalized spacial score (nSPS) is 15.6. The zero-order valence-corrected chi connectivity index (χ0v) is 11.1. The lowest BCUT2D eigenvalue weighted by molar-refractivity contribution is 0.259. The number of hydrogen-bond donors (Lipinski definition) is 1. The summed E-state index contributed by atoms with van der Waals surface area (Å²) in [5.41, 5.74) is 5.41. The van der Waals surface area contributed by atoms with Crippen molar-refractivity contribution in [3.63, 3.8) is 0 Å². The van der Waals surface area contributed by atoms with E-state index >= 15 is 0 Å². The number of rotatable bonds is 1. The van der Waals surface area contributed by atoms with Crippen LogP contribution in [-0.2, 0) is 30.5 Å². The molecule has 0 spiro atoms. The Balaban J connectivity index is 2.13. The van der Waals surface area contributed by atoms with E-state index in [0.29, 0.717) is 0 Å². The molecular formula is C14H13ClN2O2. The van der Waals surface area contributed by atoms with Gasteiger partial charge in [0, 0.05) is 10.7 Å². The van der Waals surface area contributed by atoms with Crippen molar-refractivity contribution in [1.82, 2.24) is 0 Å². The van der Waals surface area contributed by atoms with E-state index < -0.39 is 6.03 Å². The van der Waals surface area contributed by atoms with Gasteiger partial charge >= 0.3 is 6.03 Å². The van der Waals surface area contributed by atoms with E-state index in [1.54, 1.807) is 0 Å². The highest BCUT2D eigenvalue weighted by Crippen LogP contribution is 2.43. The molecule has 5 heteroatoms. The molecule has 0 radical (unpaired) electrons. The van der Waals surface area contributed by atoms with Gasteiger partial charge in [-0.25, -0.2) is 9.59 Å². The minimum Gasteiger partial charge on any atom is -0.305 e. The van der Waals surface area contributed by atoms with Crippen molar-refractivity contribution in [2.45, 2.75) is 38.5 Å². The number of nitrogens with one attached hydrogen (secondary N) is 1. The fourth-order valence-electron chi connectivity index (χ4n) is 3.22. The molecule has 1 N–H and O–H groups in total. The molecule has 0 saturated carbocycles. The lowest BCUT2D eigenvalue weighted by Gasteiger charge is -2.16. The minimum atomic E-state index is -0.652. The van der Waals surface area contributed by atoms with Gasteiger partial charge in [-0.2, -0.15) is 0 Å². The highest BCUT2D eigenvalue weighted by atomic mass is 35.5. The number of amides is 2. The number of hydrogen-bond acceptors (Lipinski definition) is 2. The fraction of sp³-hybridized carbons (Fsp3) is 0.429. The lowest BCUT2D eigenvalue weighted by atomic mass is 9.98. The SMILES string of the molecule is O=C=NC(=O)Nc1c2c(c(Cl)c3c1CCC3)CCC2. The summed E-state index contributed by atoms with van der Waals surface area (Å²) in [6.07, 6.45) is 7.14. The van der Waals surface area contributed by atoms with Crippen LogP contribution >= 0.6 is 11.6 Å². The monoisotopic (exact) mass is 276 g/mol. The van der Waals surface area contributed by atoms with Gasteiger partial charge in [-0.3, -0.25) is 0 Å². The molecule has 0 aromatic heterocycles. The summed E-state index contributed by atoms with van der Waals surface area (Å²) in [6, 6.07) is -0.652. The molecule has 2 aliphatic carbocycles. The molecule has 2 amide bonds. The van der Waals surface area contributed by atoms with E-state index in [2.05, 4.69) is 10.3 Å². The van der Waals surface area contributed by atoms with E-state index in [4.69, 9.17) is 11.6 Å². The first-order chi connectivity index (χ1) is 9.22. The number of carbonyl (C=O) groups is 1. The van der Waals surface area contributed by atoms with Crippen molar-refractivity contribution in [2.24, 2.45) is 4.99 Å². The first-order valence-corrected chi connectivity index (χ1v) is 6.84. The van der Waals surface area contributed by atoms with Crippen molar-refractivity contribution < 1.29 is 9.59 Å². The second-order valence-electron chi connectivity index (χ2n) is 4.94. The minimum absolute atomic E-state index is 0.652. The maximum Gasteiger partial charge on any atom is 0.356 e. The number of anilines is 1. The number of fused-ring (bicyclic) bond motifs is 2. The second-order valence-corrected chi connectivity index (χ2v) is 5.32. The Bertz CT molecular complexity index is 583. The maximum absolute atomic E-state index is 11.5. The highest BCUT2D eigenvalue weighted by Gasteiger charge is 2.28. The average molecular weight is 277 g/mol. The van der Waals surface area contributed by atoms with Gasteiger partial charge in [0.05, 0.1) is 0 Å². The molecule has 98 valence electrons. The summed E-state index contributed by atoms with van der Waals surface area (Å²) < 4.78 is 0. The van der Waals surface area contributed by atoms with Crippen LogP contribution in [-0.4, -0.2) is 12.1 Å². The number of nitrogens with zero attached hydrogens (tertiary/aromatic N) is 1. The molecular weight excluding hydrogens is 264 g/mol. The first kappa shape index (κ1) is 12.4. The van der Waals surface area contributed by atoms with Crippen molar-refractivity contribution in [1.29, 1.82) is 0 Å². The van der Waals surface area contributed by atoms with Gasteiger partial charge in [0.1, 0.15) is 0 Å². The van der Waals surface area contributed by atoms with Crippen molar-refractivity contribution in [2.75, 3.05) is 5.32 Å². The summed E-state index contributed by atoms with van der Waals surface area (Å²) in [5.74, 6) is 0. The van der Waals surface area contributed by atoms with Gasteiger partial charge in [0.15, 0.2) is 0 Å². The number of aliphatic imine (C=N–C) groups is 1. The molecule has 3 rings (SSSR count). The Morgan fingerprint density at radius 1 is 1.05 bits per heavy atom. The molecule has 2 aliphatic rings. The standard InChI is InChI=1S/C14H13ClN2O2/c15-12-8-3-1-5-10(8)13(17-14(19)16-7-18)11-6-2-4-9(11)12/h1-6H2,(H,17,19). The van der Waals surface area contributed by atoms with Crippen LogP contribution in [0.15, 0.2) is 4.99 Å². The Hall–Kier alpha value is -1.64. The average Bonchev–Trinajstić information content (AvgIpc) is 3.03. The molecule has 0 aliphatic heterocycles.